The maximum Gasteiger partial charge on any atom is 0.306 e. The van der Waals surface area contributed by atoms with Crippen LogP contribution in [0.5, 0.6) is 0 Å². The van der Waals surface area contributed by atoms with Crippen molar-refractivity contribution in [2.24, 2.45) is 0 Å². The normalized spacial score (nSPS) is 13.0. The minimum atomic E-state index is -0.322. The number of carbonyl (C=O) groups is 1. The number of hydrogen-bond donors (Lipinski definition) is 0. The van der Waals surface area contributed by atoms with E-state index in [4.69, 9.17) is 16.3 Å². The van der Waals surface area contributed by atoms with Gasteiger partial charge < -0.3 is 9.64 Å². The number of carbonyl (C=O) groups excluding carboxylic acids is 1. The van der Waals surface area contributed by atoms with E-state index < -0.39 is 0 Å². The van der Waals surface area contributed by atoms with Gasteiger partial charge in [-0.2, -0.15) is 5.26 Å². The van der Waals surface area contributed by atoms with E-state index in [9.17, 15) is 14.4 Å². The molecule has 2 aromatic rings. The van der Waals surface area contributed by atoms with Gasteiger partial charge in [0.2, 0.25) is 0 Å². The lowest BCUT2D eigenvalue weighted by atomic mass is 9.94. The molecule has 0 fully saturated rings. The lowest BCUT2D eigenvalue weighted by Gasteiger charge is -2.31. The van der Waals surface area contributed by atoms with Crippen LogP contribution in [0, 0.1) is 24.1 Å². The zero-order valence-electron chi connectivity index (χ0n) is 15.9. The summed E-state index contributed by atoms with van der Waals surface area (Å²) in [5, 5.41) is 9.81. The zero-order valence-corrected chi connectivity index (χ0v) is 16.6. The highest BCUT2D eigenvalue weighted by molar-refractivity contribution is 6.29. The molecule has 0 amide bonds. The number of halogens is 2. The van der Waals surface area contributed by atoms with Crippen molar-refractivity contribution in [3.63, 3.8) is 0 Å². The summed E-state index contributed by atoms with van der Waals surface area (Å²) in [4.78, 5) is 17.8. The molecule has 7 heteroatoms. The number of ether oxygens (including phenoxy) is 1. The van der Waals surface area contributed by atoms with Crippen LogP contribution in [0.3, 0.4) is 0 Å². The van der Waals surface area contributed by atoms with Gasteiger partial charge in [0.05, 0.1) is 12.2 Å². The van der Waals surface area contributed by atoms with Crippen LogP contribution in [0.4, 0.5) is 10.2 Å². The van der Waals surface area contributed by atoms with Crippen LogP contribution in [0.15, 0.2) is 18.2 Å². The fourth-order valence-electron chi connectivity index (χ4n) is 3.49. The minimum Gasteiger partial charge on any atom is -0.466 e. The first-order valence-corrected chi connectivity index (χ1v) is 9.59. The van der Waals surface area contributed by atoms with Gasteiger partial charge in [0.25, 0.3) is 0 Å². The maximum absolute atomic E-state index is 14.9. The monoisotopic (exact) mass is 401 g/mol. The molecular formula is C21H21ClFN3O2. The van der Waals surface area contributed by atoms with Crippen molar-refractivity contribution in [1.82, 2.24) is 4.98 Å². The molecule has 0 unspecified atom stereocenters. The zero-order chi connectivity index (χ0) is 20.3. The second kappa shape index (κ2) is 8.57. The van der Waals surface area contributed by atoms with Crippen molar-refractivity contribution < 1.29 is 13.9 Å². The Morgan fingerprint density at radius 2 is 2.25 bits per heavy atom. The smallest absolute Gasteiger partial charge is 0.306 e. The van der Waals surface area contributed by atoms with Gasteiger partial charge in [0.15, 0.2) is 0 Å². The first kappa shape index (κ1) is 20.1. The molecule has 0 bridgehead atoms. The molecule has 1 aromatic heterocycles. The lowest BCUT2D eigenvalue weighted by molar-refractivity contribution is -0.143. The van der Waals surface area contributed by atoms with Gasteiger partial charge in [0, 0.05) is 19.5 Å². The highest BCUT2D eigenvalue weighted by Gasteiger charge is 2.24. The number of aromatic nitrogens is 1. The van der Waals surface area contributed by atoms with Gasteiger partial charge >= 0.3 is 5.97 Å². The SMILES string of the molecule is CCOC(=O)CCc1ccc2c(c1F)CCN(c1nc(Cl)cc(C)c1C#N)C2. The molecule has 0 saturated heterocycles. The summed E-state index contributed by atoms with van der Waals surface area (Å²) in [6.07, 6.45) is 0.967. The molecule has 28 heavy (non-hydrogen) atoms. The average Bonchev–Trinajstić information content (AvgIpc) is 2.67. The number of nitrogens with zero attached hydrogens (tertiary/aromatic N) is 3. The molecule has 146 valence electrons. The van der Waals surface area contributed by atoms with Gasteiger partial charge in [-0.3, -0.25) is 4.79 Å². The summed E-state index contributed by atoms with van der Waals surface area (Å²) < 4.78 is 19.8. The van der Waals surface area contributed by atoms with E-state index in [1.807, 2.05) is 17.9 Å². The molecule has 5 nitrogen and oxygen atoms in total. The molecule has 0 N–H and O–H groups in total. The molecule has 0 radical (unpaired) electrons. The summed E-state index contributed by atoms with van der Waals surface area (Å²) in [5.41, 5.74) is 3.29. The van der Waals surface area contributed by atoms with E-state index in [2.05, 4.69) is 11.1 Å². The number of aryl methyl sites for hydroxylation is 2. The summed E-state index contributed by atoms with van der Waals surface area (Å²) in [7, 11) is 0. The molecular weight excluding hydrogens is 381 g/mol. The first-order valence-electron chi connectivity index (χ1n) is 9.21. The Kier molecular flexibility index (Phi) is 6.15. The number of pyridine rings is 1. The Labute approximate surface area is 168 Å². The number of hydrogen-bond acceptors (Lipinski definition) is 5. The second-order valence-electron chi connectivity index (χ2n) is 6.73. The summed E-state index contributed by atoms with van der Waals surface area (Å²) >= 11 is 6.08. The summed E-state index contributed by atoms with van der Waals surface area (Å²) in [6, 6.07) is 7.46. The number of rotatable bonds is 5. The number of benzene rings is 1. The Morgan fingerprint density at radius 3 is 2.96 bits per heavy atom. The Balaban J connectivity index is 1.83. The van der Waals surface area contributed by atoms with Crippen molar-refractivity contribution in [2.75, 3.05) is 18.1 Å². The van der Waals surface area contributed by atoms with E-state index in [1.165, 1.54) is 0 Å². The Hall–Kier alpha value is -2.65. The maximum atomic E-state index is 14.9. The molecule has 3 rings (SSSR count). The van der Waals surface area contributed by atoms with Crippen LogP contribution >= 0.6 is 11.6 Å². The highest BCUT2D eigenvalue weighted by atomic mass is 35.5. The van der Waals surface area contributed by atoms with Crippen LogP contribution in [0.25, 0.3) is 0 Å². The van der Waals surface area contributed by atoms with E-state index in [1.54, 1.807) is 19.1 Å². The van der Waals surface area contributed by atoms with Crippen LogP contribution in [0.1, 0.15) is 41.2 Å². The van der Waals surface area contributed by atoms with E-state index in [0.717, 1.165) is 11.1 Å². The third kappa shape index (κ3) is 4.10. The van der Waals surface area contributed by atoms with Gasteiger partial charge in [-0.25, -0.2) is 9.37 Å². The molecule has 0 atom stereocenters. The third-order valence-corrected chi connectivity index (χ3v) is 5.09. The molecule has 1 aliphatic rings. The Morgan fingerprint density at radius 1 is 1.46 bits per heavy atom. The highest BCUT2D eigenvalue weighted by Crippen LogP contribution is 2.31. The number of esters is 1. The van der Waals surface area contributed by atoms with Gasteiger partial charge in [0.1, 0.15) is 22.9 Å². The molecule has 0 spiro atoms. The molecule has 1 aromatic carbocycles. The van der Waals surface area contributed by atoms with E-state index in [-0.39, 0.29) is 18.2 Å². The van der Waals surface area contributed by atoms with Crippen LogP contribution in [-0.2, 0) is 28.9 Å². The van der Waals surface area contributed by atoms with Crippen molar-refractivity contribution >= 4 is 23.4 Å². The molecule has 0 aliphatic carbocycles. The largest absolute Gasteiger partial charge is 0.466 e. The van der Waals surface area contributed by atoms with Crippen molar-refractivity contribution in [3.05, 3.63) is 57.0 Å². The van der Waals surface area contributed by atoms with Gasteiger partial charge in [-0.05, 0) is 55.0 Å². The van der Waals surface area contributed by atoms with Crippen LogP contribution in [-0.4, -0.2) is 24.1 Å². The third-order valence-electron chi connectivity index (χ3n) is 4.89. The molecule has 1 aliphatic heterocycles. The van der Waals surface area contributed by atoms with Crippen LogP contribution in [0.2, 0.25) is 5.15 Å². The van der Waals surface area contributed by atoms with Crippen LogP contribution < -0.4 is 4.90 Å². The predicted molar refractivity (Wildman–Crippen MR) is 105 cm³/mol. The number of anilines is 1. The van der Waals surface area contributed by atoms with Crippen molar-refractivity contribution in [2.45, 2.75) is 39.7 Å². The van der Waals surface area contributed by atoms with Crippen molar-refractivity contribution in [3.8, 4) is 6.07 Å². The lowest BCUT2D eigenvalue weighted by Crippen LogP contribution is -2.32. The standard InChI is InChI=1S/C21H21ClFN3O2/c1-3-28-19(27)7-6-14-4-5-15-12-26(9-8-16(15)20(14)23)21-17(11-24)13(2)10-18(22)25-21/h4-5,10H,3,6-9,12H2,1-2H3. The quantitative estimate of drug-likeness (QED) is 0.557. The number of fused-ring (bicyclic) bond motifs is 1. The predicted octanol–water partition coefficient (Wildman–Crippen LogP) is 4.11. The topological polar surface area (TPSA) is 66.2 Å². The number of nitriles is 1. The summed E-state index contributed by atoms with van der Waals surface area (Å²) in [5.74, 6) is -0.0423. The fourth-order valence-corrected chi connectivity index (χ4v) is 3.73. The first-order chi connectivity index (χ1) is 13.4. The minimum absolute atomic E-state index is 0.160. The van der Waals surface area contributed by atoms with Gasteiger partial charge in [-0.15, -0.1) is 0 Å². The molecule has 2 heterocycles. The fraction of sp³-hybridized carbons (Fsp3) is 0.381. The average molecular weight is 402 g/mol. The van der Waals surface area contributed by atoms with Crippen molar-refractivity contribution in [1.29, 1.82) is 5.26 Å². The Bertz CT molecular complexity index is 956. The van der Waals surface area contributed by atoms with E-state index in [0.29, 0.717) is 60.2 Å². The molecule has 0 saturated carbocycles. The summed E-state index contributed by atoms with van der Waals surface area (Å²) in [6.45, 7) is 4.88. The second-order valence-corrected chi connectivity index (χ2v) is 7.11. The van der Waals surface area contributed by atoms with E-state index >= 15 is 0 Å². The van der Waals surface area contributed by atoms with Gasteiger partial charge in [-0.1, -0.05) is 23.7 Å².